The molecule has 0 fully saturated rings. The van der Waals surface area contributed by atoms with Crippen molar-refractivity contribution >= 4 is 5.97 Å². The third-order valence-electron chi connectivity index (χ3n) is 4.70. The van der Waals surface area contributed by atoms with E-state index < -0.39 is 5.60 Å². The molecular weight excluding hydrogens is 346 g/mol. The van der Waals surface area contributed by atoms with Crippen molar-refractivity contribution in [2.24, 2.45) is 0 Å². The van der Waals surface area contributed by atoms with Gasteiger partial charge in [-0.15, -0.1) is 0 Å². The molecule has 0 spiro atoms. The Morgan fingerprint density at radius 3 is 1.82 bits per heavy atom. The number of benzene rings is 2. The van der Waals surface area contributed by atoms with Crippen LogP contribution in [-0.2, 0) is 22.6 Å². The predicted molar refractivity (Wildman–Crippen MR) is 116 cm³/mol. The van der Waals surface area contributed by atoms with Gasteiger partial charge < -0.3 is 4.74 Å². The Balaban J connectivity index is 2.12. The molecule has 1 unspecified atom stereocenters. The second-order valence-electron chi connectivity index (χ2n) is 8.44. The molecule has 3 heteroatoms. The zero-order chi connectivity index (χ0) is 20.4. The fourth-order valence-electron chi connectivity index (χ4n) is 3.47. The van der Waals surface area contributed by atoms with E-state index in [2.05, 4.69) is 72.5 Å². The molecule has 0 bridgehead atoms. The molecule has 0 saturated carbocycles. The molecule has 3 nitrogen and oxygen atoms in total. The highest BCUT2D eigenvalue weighted by atomic mass is 16.6. The van der Waals surface area contributed by atoms with E-state index in [1.54, 1.807) is 0 Å². The van der Waals surface area contributed by atoms with E-state index in [4.69, 9.17) is 4.74 Å². The number of nitrogens with zero attached hydrogens (tertiary/aromatic N) is 1. The van der Waals surface area contributed by atoms with Gasteiger partial charge in [-0.25, -0.2) is 0 Å². The summed E-state index contributed by atoms with van der Waals surface area (Å²) in [6.07, 6.45) is 3.45. The standard InChI is InChI=1S/C25H35NO2/c1-5-12-23(17-18-24(27)28-25(2,3)4)26(19-21-13-8-6-9-14-21)20-22-15-10-7-11-16-22/h6-11,13-16,23H,5,12,17-20H2,1-4H3. The maximum absolute atomic E-state index is 12.3. The van der Waals surface area contributed by atoms with Gasteiger partial charge in [0.1, 0.15) is 5.60 Å². The van der Waals surface area contributed by atoms with E-state index in [9.17, 15) is 4.79 Å². The molecule has 0 radical (unpaired) electrons. The molecule has 0 saturated heterocycles. The second kappa shape index (κ2) is 11.0. The minimum absolute atomic E-state index is 0.104. The van der Waals surface area contributed by atoms with E-state index in [1.807, 2.05) is 20.8 Å². The van der Waals surface area contributed by atoms with Crippen molar-refractivity contribution in [2.45, 2.75) is 78.1 Å². The van der Waals surface area contributed by atoms with Gasteiger partial charge in [-0.3, -0.25) is 9.69 Å². The lowest BCUT2D eigenvalue weighted by atomic mass is 10.0. The molecule has 0 aliphatic heterocycles. The highest BCUT2D eigenvalue weighted by Crippen LogP contribution is 2.21. The van der Waals surface area contributed by atoms with Gasteiger partial charge in [0, 0.05) is 25.6 Å². The average Bonchev–Trinajstić information content (AvgIpc) is 2.65. The average molecular weight is 382 g/mol. The van der Waals surface area contributed by atoms with E-state index in [0.717, 1.165) is 32.4 Å². The van der Waals surface area contributed by atoms with Crippen LogP contribution in [0, 0.1) is 0 Å². The summed E-state index contributed by atoms with van der Waals surface area (Å²) in [5.74, 6) is -0.104. The highest BCUT2D eigenvalue weighted by Gasteiger charge is 2.22. The van der Waals surface area contributed by atoms with Crippen LogP contribution in [0.25, 0.3) is 0 Å². The second-order valence-corrected chi connectivity index (χ2v) is 8.44. The van der Waals surface area contributed by atoms with Crippen molar-refractivity contribution in [1.29, 1.82) is 0 Å². The molecule has 28 heavy (non-hydrogen) atoms. The number of carbonyl (C=O) groups excluding carboxylic acids is 1. The summed E-state index contributed by atoms with van der Waals surface area (Å²) >= 11 is 0. The van der Waals surface area contributed by atoms with Crippen molar-refractivity contribution in [3.8, 4) is 0 Å². The smallest absolute Gasteiger partial charge is 0.306 e. The first-order valence-electron chi connectivity index (χ1n) is 10.4. The number of carbonyl (C=O) groups is 1. The number of hydrogen-bond acceptors (Lipinski definition) is 3. The van der Waals surface area contributed by atoms with Crippen molar-refractivity contribution in [2.75, 3.05) is 0 Å². The SMILES string of the molecule is CCCC(CCC(=O)OC(C)(C)C)N(Cc1ccccc1)Cc1ccccc1. The third-order valence-corrected chi connectivity index (χ3v) is 4.70. The summed E-state index contributed by atoms with van der Waals surface area (Å²) in [6.45, 7) is 9.75. The van der Waals surface area contributed by atoms with Crippen LogP contribution >= 0.6 is 0 Å². The highest BCUT2D eigenvalue weighted by molar-refractivity contribution is 5.69. The van der Waals surface area contributed by atoms with Crippen molar-refractivity contribution in [3.05, 3.63) is 71.8 Å². The van der Waals surface area contributed by atoms with Gasteiger partial charge in [0.05, 0.1) is 0 Å². The Bertz CT molecular complexity index is 650. The Morgan fingerprint density at radius 2 is 1.39 bits per heavy atom. The van der Waals surface area contributed by atoms with Crippen molar-refractivity contribution < 1.29 is 9.53 Å². The molecule has 0 aliphatic rings. The van der Waals surface area contributed by atoms with Crippen LogP contribution in [0.15, 0.2) is 60.7 Å². The minimum Gasteiger partial charge on any atom is -0.460 e. The molecule has 0 aromatic heterocycles. The summed E-state index contributed by atoms with van der Waals surface area (Å²) in [7, 11) is 0. The van der Waals surface area contributed by atoms with E-state index in [-0.39, 0.29) is 5.97 Å². The van der Waals surface area contributed by atoms with Crippen LogP contribution in [0.1, 0.15) is 64.5 Å². The largest absolute Gasteiger partial charge is 0.460 e. The van der Waals surface area contributed by atoms with Crippen LogP contribution in [0.5, 0.6) is 0 Å². The van der Waals surface area contributed by atoms with Gasteiger partial charge in [0.25, 0.3) is 0 Å². The van der Waals surface area contributed by atoms with Gasteiger partial charge in [0.2, 0.25) is 0 Å². The Morgan fingerprint density at radius 1 is 0.893 bits per heavy atom. The van der Waals surface area contributed by atoms with E-state index >= 15 is 0 Å². The molecule has 1 atom stereocenters. The number of esters is 1. The zero-order valence-corrected chi connectivity index (χ0v) is 17.9. The van der Waals surface area contributed by atoms with Gasteiger partial charge in [0.15, 0.2) is 0 Å². The molecule has 152 valence electrons. The topological polar surface area (TPSA) is 29.5 Å². The zero-order valence-electron chi connectivity index (χ0n) is 17.9. The first-order chi connectivity index (χ1) is 13.4. The van der Waals surface area contributed by atoms with Gasteiger partial charge >= 0.3 is 5.97 Å². The van der Waals surface area contributed by atoms with Crippen LogP contribution < -0.4 is 0 Å². The van der Waals surface area contributed by atoms with E-state index in [0.29, 0.717) is 12.5 Å². The van der Waals surface area contributed by atoms with Crippen LogP contribution in [0.4, 0.5) is 0 Å². The van der Waals surface area contributed by atoms with Crippen molar-refractivity contribution in [3.63, 3.8) is 0 Å². The maximum Gasteiger partial charge on any atom is 0.306 e. The first kappa shape index (κ1) is 22.2. The molecule has 2 rings (SSSR count). The molecule has 0 amide bonds. The van der Waals surface area contributed by atoms with Gasteiger partial charge in [-0.2, -0.15) is 0 Å². The van der Waals surface area contributed by atoms with Crippen LogP contribution in [-0.4, -0.2) is 22.5 Å². The lowest BCUT2D eigenvalue weighted by molar-refractivity contribution is -0.155. The summed E-state index contributed by atoms with van der Waals surface area (Å²) in [5, 5.41) is 0. The predicted octanol–water partition coefficient (Wildman–Crippen LogP) is 5.98. The fourth-order valence-corrected chi connectivity index (χ4v) is 3.47. The molecule has 0 N–H and O–H groups in total. The molecule has 2 aromatic rings. The van der Waals surface area contributed by atoms with Gasteiger partial charge in [-0.05, 0) is 44.7 Å². The Hall–Kier alpha value is -2.13. The summed E-state index contributed by atoms with van der Waals surface area (Å²) in [4.78, 5) is 14.8. The fraction of sp³-hybridized carbons (Fsp3) is 0.480. The Kier molecular flexibility index (Phi) is 8.72. The van der Waals surface area contributed by atoms with Crippen LogP contribution in [0.3, 0.4) is 0 Å². The first-order valence-corrected chi connectivity index (χ1v) is 10.4. The minimum atomic E-state index is -0.425. The maximum atomic E-state index is 12.3. The summed E-state index contributed by atoms with van der Waals surface area (Å²) < 4.78 is 5.53. The lowest BCUT2D eigenvalue weighted by Crippen LogP contribution is -2.35. The summed E-state index contributed by atoms with van der Waals surface area (Å²) in [5.41, 5.74) is 2.18. The quantitative estimate of drug-likeness (QED) is 0.474. The number of hydrogen-bond donors (Lipinski definition) is 0. The summed E-state index contributed by atoms with van der Waals surface area (Å²) in [6, 6.07) is 21.5. The van der Waals surface area contributed by atoms with Crippen LogP contribution in [0.2, 0.25) is 0 Å². The Labute approximate surface area is 170 Å². The lowest BCUT2D eigenvalue weighted by Gasteiger charge is -2.32. The van der Waals surface area contributed by atoms with Crippen molar-refractivity contribution in [1.82, 2.24) is 4.90 Å². The van der Waals surface area contributed by atoms with E-state index in [1.165, 1.54) is 11.1 Å². The third kappa shape index (κ3) is 8.26. The number of rotatable bonds is 10. The molecule has 0 heterocycles. The molecule has 2 aromatic carbocycles. The normalized spacial score (nSPS) is 12.8. The molecular formula is C25H35NO2. The van der Waals surface area contributed by atoms with Gasteiger partial charge in [-0.1, -0.05) is 74.0 Å². The number of ether oxygens (including phenoxy) is 1. The monoisotopic (exact) mass is 381 g/mol. The molecule has 0 aliphatic carbocycles.